The zero-order valence-corrected chi connectivity index (χ0v) is 11.4. The molecule has 0 aliphatic carbocycles. The first kappa shape index (κ1) is 12.5. The fourth-order valence-electron chi connectivity index (χ4n) is 2.02. The maximum atomic E-state index is 4.39. The van der Waals surface area contributed by atoms with Crippen LogP contribution < -0.4 is 5.32 Å². The second-order valence-corrected chi connectivity index (χ2v) is 4.55. The van der Waals surface area contributed by atoms with Crippen LogP contribution in [0.15, 0.2) is 48.9 Å². The highest BCUT2D eigenvalue weighted by Gasteiger charge is 2.05. The third kappa shape index (κ3) is 2.71. The van der Waals surface area contributed by atoms with Gasteiger partial charge in [-0.2, -0.15) is 5.10 Å². The summed E-state index contributed by atoms with van der Waals surface area (Å²) < 4.78 is 1.90. The fraction of sp³-hybridized carbons (Fsp3) is 0.200. The van der Waals surface area contributed by atoms with Crippen molar-refractivity contribution < 1.29 is 0 Å². The number of hydrogen-bond donors (Lipinski definition) is 2. The van der Waals surface area contributed by atoms with Crippen LogP contribution in [0.3, 0.4) is 0 Å². The van der Waals surface area contributed by atoms with E-state index in [1.165, 1.54) is 0 Å². The van der Waals surface area contributed by atoms with E-state index in [0.717, 1.165) is 29.3 Å². The molecular weight excluding hydrogens is 250 g/mol. The van der Waals surface area contributed by atoms with Gasteiger partial charge in [0.05, 0.1) is 24.6 Å². The second kappa shape index (κ2) is 5.61. The molecule has 5 nitrogen and oxygen atoms in total. The number of aromatic nitrogens is 4. The third-order valence-corrected chi connectivity index (χ3v) is 3.13. The molecular formula is C15H17N5. The maximum absolute atomic E-state index is 4.39. The summed E-state index contributed by atoms with van der Waals surface area (Å²) in [6.07, 6.45) is 5.71. The van der Waals surface area contributed by atoms with Crippen molar-refractivity contribution in [2.24, 2.45) is 0 Å². The molecule has 102 valence electrons. The van der Waals surface area contributed by atoms with Gasteiger partial charge in [-0.15, -0.1) is 0 Å². The summed E-state index contributed by atoms with van der Waals surface area (Å²) in [6.45, 7) is 3.61. The second-order valence-electron chi connectivity index (χ2n) is 4.55. The molecule has 20 heavy (non-hydrogen) atoms. The Morgan fingerprint density at radius 1 is 1.20 bits per heavy atom. The Labute approximate surface area is 117 Å². The van der Waals surface area contributed by atoms with Crippen molar-refractivity contribution in [3.05, 3.63) is 54.7 Å². The Balaban J connectivity index is 1.67. The summed E-state index contributed by atoms with van der Waals surface area (Å²) >= 11 is 0. The maximum Gasteiger partial charge on any atom is 0.125 e. The number of rotatable bonds is 5. The van der Waals surface area contributed by atoms with Crippen molar-refractivity contribution in [3.8, 4) is 11.3 Å². The van der Waals surface area contributed by atoms with Crippen LogP contribution in [0.4, 0.5) is 5.69 Å². The van der Waals surface area contributed by atoms with Crippen LogP contribution in [0, 0.1) is 0 Å². The summed E-state index contributed by atoms with van der Waals surface area (Å²) in [7, 11) is 0. The van der Waals surface area contributed by atoms with Crippen molar-refractivity contribution in [3.63, 3.8) is 0 Å². The zero-order chi connectivity index (χ0) is 13.8. The molecule has 3 aromatic rings. The van der Waals surface area contributed by atoms with E-state index in [1.807, 2.05) is 53.6 Å². The summed E-state index contributed by atoms with van der Waals surface area (Å²) in [4.78, 5) is 7.70. The van der Waals surface area contributed by atoms with Gasteiger partial charge in [-0.1, -0.05) is 18.2 Å². The minimum atomic E-state index is 0.673. The van der Waals surface area contributed by atoms with Crippen LogP contribution >= 0.6 is 0 Å². The molecule has 0 atom stereocenters. The van der Waals surface area contributed by atoms with Gasteiger partial charge in [0.2, 0.25) is 0 Å². The number of nitrogens with one attached hydrogen (secondary N) is 2. The Hall–Kier alpha value is -2.56. The van der Waals surface area contributed by atoms with Crippen LogP contribution in [0.1, 0.15) is 12.7 Å². The first-order valence-electron chi connectivity index (χ1n) is 6.71. The highest BCUT2D eigenvalue weighted by Crippen LogP contribution is 2.16. The monoisotopic (exact) mass is 267 g/mol. The van der Waals surface area contributed by atoms with Gasteiger partial charge in [-0.05, 0) is 19.1 Å². The van der Waals surface area contributed by atoms with Gasteiger partial charge in [0, 0.05) is 24.0 Å². The normalized spacial score (nSPS) is 10.7. The molecule has 0 unspecified atom stereocenters. The molecule has 0 spiro atoms. The Morgan fingerprint density at radius 2 is 2.05 bits per heavy atom. The molecule has 2 heterocycles. The minimum Gasteiger partial charge on any atom is -0.378 e. The zero-order valence-electron chi connectivity index (χ0n) is 11.4. The number of nitrogens with zero attached hydrogens (tertiary/aromatic N) is 3. The van der Waals surface area contributed by atoms with Gasteiger partial charge < -0.3 is 10.3 Å². The first-order chi connectivity index (χ1) is 9.85. The lowest BCUT2D eigenvalue weighted by molar-refractivity contribution is 0.660. The standard InChI is InChI=1S/C15H17N5/c1-2-20-11-12(8-18-20)14-9-17-15(19-14)10-16-13-6-4-3-5-7-13/h3-9,11,16H,2,10H2,1H3,(H,17,19). The van der Waals surface area contributed by atoms with E-state index in [0.29, 0.717) is 6.54 Å². The minimum absolute atomic E-state index is 0.673. The highest BCUT2D eigenvalue weighted by atomic mass is 15.3. The van der Waals surface area contributed by atoms with Crippen LogP contribution in [-0.4, -0.2) is 19.7 Å². The van der Waals surface area contributed by atoms with Crippen LogP contribution in [-0.2, 0) is 13.1 Å². The molecule has 5 heteroatoms. The van der Waals surface area contributed by atoms with E-state index in [1.54, 1.807) is 0 Å². The van der Waals surface area contributed by atoms with Gasteiger partial charge >= 0.3 is 0 Å². The van der Waals surface area contributed by atoms with Crippen molar-refractivity contribution in [2.75, 3.05) is 5.32 Å². The van der Waals surface area contributed by atoms with E-state index < -0.39 is 0 Å². The average Bonchev–Trinajstić information content (AvgIpc) is 3.15. The fourth-order valence-corrected chi connectivity index (χ4v) is 2.02. The molecule has 0 aliphatic rings. The third-order valence-electron chi connectivity index (χ3n) is 3.13. The van der Waals surface area contributed by atoms with Gasteiger partial charge in [-0.3, -0.25) is 4.68 Å². The molecule has 0 amide bonds. The molecule has 2 N–H and O–H groups in total. The van der Waals surface area contributed by atoms with Crippen LogP contribution in [0.5, 0.6) is 0 Å². The summed E-state index contributed by atoms with van der Waals surface area (Å²) in [6, 6.07) is 10.1. The van der Waals surface area contributed by atoms with Crippen LogP contribution in [0.25, 0.3) is 11.3 Å². The van der Waals surface area contributed by atoms with Gasteiger partial charge in [0.1, 0.15) is 5.82 Å². The van der Waals surface area contributed by atoms with E-state index in [4.69, 9.17) is 0 Å². The van der Waals surface area contributed by atoms with Crippen molar-refractivity contribution in [1.29, 1.82) is 0 Å². The predicted molar refractivity (Wildman–Crippen MR) is 79.3 cm³/mol. The number of imidazole rings is 1. The Bertz CT molecular complexity index is 668. The van der Waals surface area contributed by atoms with E-state index in [9.17, 15) is 0 Å². The summed E-state index contributed by atoms with van der Waals surface area (Å²) in [5.74, 6) is 0.910. The largest absolute Gasteiger partial charge is 0.378 e. The molecule has 1 aromatic carbocycles. The van der Waals surface area contributed by atoms with E-state index in [2.05, 4.69) is 27.3 Å². The molecule has 0 saturated carbocycles. The summed E-state index contributed by atoms with van der Waals surface area (Å²) in [5.41, 5.74) is 3.14. The van der Waals surface area contributed by atoms with Crippen molar-refractivity contribution in [2.45, 2.75) is 20.0 Å². The van der Waals surface area contributed by atoms with Gasteiger partial charge in [0.25, 0.3) is 0 Å². The Morgan fingerprint density at radius 3 is 2.80 bits per heavy atom. The smallest absolute Gasteiger partial charge is 0.125 e. The van der Waals surface area contributed by atoms with Gasteiger partial charge in [0.15, 0.2) is 0 Å². The molecule has 0 bridgehead atoms. The quantitative estimate of drug-likeness (QED) is 0.747. The topological polar surface area (TPSA) is 58.5 Å². The van der Waals surface area contributed by atoms with E-state index in [-0.39, 0.29) is 0 Å². The average molecular weight is 267 g/mol. The number of aromatic amines is 1. The SMILES string of the molecule is CCn1cc(-c2cnc(CNc3ccccc3)[nH]2)cn1. The number of hydrogen-bond acceptors (Lipinski definition) is 3. The number of para-hydroxylation sites is 1. The van der Waals surface area contributed by atoms with E-state index >= 15 is 0 Å². The van der Waals surface area contributed by atoms with Gasteiger partial charge in [-0.25, -0.2) is 4.98 Å². The Kier molecular flexibility index (Phi) is 3.50. The van der Waals surface area contributed by atoms with Crippen LogP contribution in [0.2, 0.25) is 0 Å². The molecule has 0 fully saturated rings. The van der Waals surface area contributed by atoms with Crippen molar-refractivity contribution >= 4 is 5.69 Å². The number of H-pyrrole nitrogens is 1. The number of benzene rings is 1. The molecule has 3 rings (SSSR count). The molecule has 0 radical (unpaired) electrons. The number of aryl methyl sites for hydroxylation is 1. The van der Waals surface area contributed by atoms with Crippen molar-refractivity contribution in [1.82, 2.24) is 19.7 Å². The molecule has 2 aromatic heterocycles. The predicted octanol–water partition coefficient (Wildman–Crippen LogP) is 2.91. The molecule has 0 aliphatic heterocycles. The lowest BCUT2D eigenvalue weighted by Crippen LogP contribution is -2.00. The highest BCUT2D eigenvalue weighted by molar-refractivity contribution is 5.56. The molecule has 0 saturated heterocycles. The first-order valence-corrected chi connectivity index (χ1v) is 6.71. The summed E-state index contributed by atoms with van der Waals surface area (Å²) in [5, 5.41) is 7.59. The lowest BCUT2D eigenvalue weighted by Gasteiger charge is -2.03. The number of anilines is 1. The lowest BCUT2D eigenvalue weighted by atomic mass is 10.3.